The van der Waals surface area contributed by atoms with Crippen LogP contribution >= 0.6 is 0 Å². The van der Waals surface area contributed by atoms with Crippen LogP contribution in [0, 0.1) is 13.8 Å². The van der Waals surface area contributed by atoms with Crippen LogP contribution in [0.2, 0.25) is 0 Å². The van der Waals surface area contributed by atoms with Gasteiger partial charge in [0.15, 0.2) is 0 Å². The Labute approximate surface area is 149 Å². The van der Waals surface area contributed by atoms with Gasteiger partial charge in [-0.1, -0.05) is 30.3 Å². The lowest BCUT2D eigenvalue weighted by Crippen LogP contribution is -2.38. The van der Waals surface area contributed by atoms with Gasteiger partial charge >= 0.3 is 0 Å². The molecule has 1 atom stereocenters. The Balaban J connectivity index is 1.85. The average Bonchev–Trinajstić information content (AvgIpc) is 2.59. The number of benzene rings is 2. The SMILES string of the molecule is COc1c(C)cc(C)cc1S(=O)(=O)NCC1NCCc2ccccc21. The van der Waals surface area contributed by atoms with Crippen LogP contribution in [0.3, 0.4) is 0 Å². The summed E-state index contributed by atoms with van der Waals surface area (Å²) in [6.45, 7) is 4.87. The zero-order valence-electron chi connectivity index (χ0n) is 14.8. The van der Waals surface area contributed by atoms with Gasteiger partial charge in [0.25, 0.3) is 0 Å². The van der Waals surface area contributed by atoms with Gasteiger partial charge in [0.1, 0.15) is 10.6 Å². The predicted octanol–water partition coefficient (Wildman–Crippen LogP) is 2.48. The molecule has 1 heterocycles. The highest BCUT2D eigenvalue weighted by atomic mass is 32.2. The molecule has 1 aliphatic heterocycles. The Morgan fingerprint density at radius 1 is 1.24 bits per heavy atom. The fourth-order valence-corrected chi connectivity index (χ4v) is 4.79. The van der Waals surface area contributed by atoms with E-state index in [1.54, 1.807) is 6.07 Å². The van der Waals surface area contributed by atoms with Gasteiger partial charge in [-0.05, 0) is 55.1 Å². The predicted molar refractivity (Wildman–Crippen MR) is 98.5 cm³/mol. The van der Waals surface area contributed by atoms with Crippen LogP contribution in [0.4, 0.5) is 0 Å². The molecule has 2 aromatic rings. The van der Waals surface area contributed by atoms with Crippen molar-refractivity contribution in [3.63, 3.8) is 0 Å². The first-order chi connectivity index (χ1) is 11.9. The van der Waals surface area contributed by atoms with Crippen molar-refractivity contribution in [2.75, 3.05) is 20.2 Å². The van der Waals surface area contributed by atoms with E-state index in [4.69, 9.17) is 4.74 Å². The molecule has 0 amide bonds. The highest BCUT2D eigenvalue weighted by Crippen LogP contribution is 2.29. The molecule has 1 unspecified atom stereocenters. The van der Waals surface area contributed by atoms with E-state index in [1.165, 1.54) is 12.7 Å². The maximum absolute atomic E-state index is 12.9. The molecule has 0 aliphatic carbocycles. The van der Waals surface area contributed by atoms with Crippen molar-refractivity contribution < 1.29 is 13.2 Å². The van der Waals surface area contributed by atoms with Crippen LogP contribution < -0.4 is 14.8 Å². The summed E-state index contributed by atoms with van der Waals surface area (Å²) in [6, 6.07) is 11.7. The molecule has 0 aromatic heterocycles. The molecule has 0 fully saturated rings. The minimum atomic E-state index is -3.66. The third kappa shape index (κ3) is 3.71. The lowest BCUT2D eigenvalue weighted by atomic mass is 9.95. The molecule has 0 saturated carbocycles. The number of hydrogen-bond donors (Lipinski definition) is 2. The second kappa shape index (κ2) is 7.15. The molecule has 6 heteroatoms. The standard InChI is InChI=1S/C19H24N2O3S/c1-13-10-14(2)19(24-3)18(11-13)25(22,23)21-12-17-16-7-5-4-6-15(16)8-9-20-17/h4-7,10-11,17,20-21H,8-9,12H2,1-3H3. The van der Waals surface area contributed by atoms with Crippen LogP contribution in [-0.2, 0) is 16.4 Å². The van der Waals surface area contributed by atoms with E-state index in [2.05, 4.69) is 22.2 Å². The zero-order valence-corrected chi connectivity index (χ0v) is 15.6. The van der Waals surface area contributed by atoms with Crippen LogP contribution in [0.5, 0.6) is 5.75 Å². The molecule has 3 rings (SSSR count). The van der Waals surface area contributed by atoms with Crippen molar-refractivity contribution in [1.82, 2.24) is 10.0 Å². The number of hydrogen-bond acceptors (Lipinski definition) is 4. The second-order valence-corrected chi connectivity index (χ2v) is 8.16. The summed E-state index contributed by atoms with van der Waals surface area (Å²) >= 11 is 0. The van der Waals surface area contributed by atoms with Crippen LogP contribution in [0.15, 0.2) is 41.3 Å². The number of fused-ring (bicyclic) bond motifs is 1. The summed E-state index contributed by atoms with van der Waals surface area (Å²) in [5.41, 5.74) is 4.13. The number of ether oxygens (including phenoxy) is 1. The zero-order chi connectivity index (χ0) is 18.0. The van der Waals surface area contributed by atoms with Crippen molar-refractivity contribution in [3.8, 4) is 5.75 Å². The summed E-state index contributed by atoms with van der Waals surface area (Å²) in [6.07, 6.45) is 0.963. The first kappa shape index (κ1) is 17.9. The van der Waals surface area contributed by atoms with Gasteiger partial charge in [-0.15, -0.1) is 0 Å². The van der Waals surface area contributed by atoms with Crippen LogP contribution in [-0.4, -0.2) is 28.6 Å². The molecule has 0 bridgehead atoms. The molecular weight excluding hydrogens is 336 g/mol. The van der Waals surface area contributed by atoms with E-state index >= 15 is 0 Å². The molecule has 5 nitrogen and oxygen atoms in total. The summed E-state index contributed by atoms with van der Waals surface area (Å²) in [7, 11) is -2.17. The molecule has 0 radical (unpaired) electrons. The van der Waals surface area contributed by atoms with Crippen molar-refractivity contribution >= 4 is 10.0 Å². The number of aryl methyl sites for hydroxylation is 2. The third-order valence-electron chi connectivity index (χ3n) is 4.57. The van der Waals surface area contributed by atoms with Crippen molar-refractivity contribution in [2.45, 2.75) is 31.2 Å². The highest BCUT2D eigenvalue weighted by molar-refractivity contribution is 7.89. The minimum Gasteiger partial charge on any atom is -0.495 e. The lowest BCUT2D eigenvalue weighted by Gasteiger charge is -2.27. The Bertz CT molecular complexity index is 878. The number of sulfonamides is 1. The maximum atomic E-state index is 12.9. The quantitative estimate of drug-likeness (QED) is 0.860. The molecule has 2 N–H and O–H groups in total. The molecule has 2 aromatic carbocycles. The first-order valence-electron chi connectivity index (χ1n) is 8.38. The normalized spacial score (nSPS) is 17.2. The van der Waals surface area contributed by atoms with Gasteiger partial charge in [0.05, 0.1) is 7.11 Å². The fourth-order valence-electron chi connectivity index (χ4n) is 3.42. The number of nitrogens with one attached hydrogen (secondary N) is 2. The summed E-state index contributed by atoms with van der Waals surface area (Å²) in [5.74, 6) is 0.398. The van der Waals surface area contributed by atoms with Crippen LogP contribution in [0.25, 0.3) is 0 Å². The van der Waals surface area contributed by atoms with Crippen molar-refractivity contribution in [2.24, 2.45) is 0 Å². The molecule has 134 valence electrons. The monoisotopic (exact) mass is 360 g/mol. The molecule has 0 spiro atoms. The number of rotatable bonds is 5. The Morgan fingerprint density at radius 2 is 2.00 bits per heavy atom. The summed E-state index contributed by atoms with van der Waals surface area (Å²) in [5, 5.41) is 3.39. The Morgan fingerprint density at radius 3 is 2.76 bits per heavy atom. The van der Waals surface area contributed by atoms with Gasteiger partial charge in [-0.3, -0.25) is 0 Å². The highest BCUT2D eigenvalue weighted by Gasteiger charge is 2.25. The van der Waals surface area contributed by atoms with E-state index in [0.717, 1.165) is 29.7 Å². The minimum absolute atomic E-state index is 0.0309. The number of methoxy groups -OCH3 is 1. The van der Waals surface area contributed by atoms with E-state index in [0.29, 0.717) is 12.3 Å². The molecule has 25 heavy (non-hydrogen) atoms. The average molecular weight is 360 g/mol. The fraction of sp³-hybridized carbons (Fsp3) is 0.368. The summed E-state index contributed by atoms with van der Waals surface area (Å²) in [4.78, 5) is 0.191. The van der Waals surface area contributed by atoms with E-state index in [-0.39, 0.29) is 10.9 Å². The largest absolute Gasteiger partial charge is 0.495 e. The molecular formula is C19H24N2O3S. The summed E-state index contributed by atoms with van der Waals surface area (Å²) < 4.78 is 33.8. The second-order valence-electron chi connectivity index (χ2n) is 6.42. The topological polar surface area (TPSA) is 67.4 Å². The van der Waals surface area contributed by atoms with Gasteiger partial charge in [-0.2, -0.15) is 0 Å². The first-order valence-corrected chi connectivity index (χ1v) is 9.87. The third-order valence-corrected chi connectivity index (χ3v) is 6.00. The van der Waals surface area contributed by atoms with Gasteiger partial charge in [-0.25, -0.2) is 13.1 Å². The van der Waals surface area contributed by atoms with E-state index in [9.17, 15) is 8.42 Å². The van der Waals surface area contributed by atoms with Crippen molar-refractivity contribution in [1.29, 1.82) is 0 Å². The van der Waals surface area contributed by atoms with Gasteiger partial charge < -0.3 is 10.1 Å². The van der Waals surface area contributed by atoms with E-state index in [1.807, 2.05) is 32.0 Å². The lowest BCUT2D eigenvalue weighted by molar-refractivity contribution is 0.398. The maximum Gasteiger partial charge on any atom is 0.244 e. The van der Waals surface area contributed by atoms with Gasteiger partial charge in [0, 0.05) is 12.6 Å². The van der Waals surface area contributed by atoms with E-state index < -0.39 is 10.0 Å². The Kier molecular flexibility index (Phi) is 5.13. The van der Waals surface area contributed by atoms with Gasteiger partial charge in [0.2, 0.25) is 10.0 Å². The molecule has 0 saturated heterocycles. The smallest absolute Gasteiger partial charge is 0.244 e. The Hall–Kier alpha value is -1.89. The molecule has 1 aliphatic rings. The van der Waals surface area contributed by atoms with Crippen molar-refractivity contribution in [3.05, 3.63) is 58.7 Å². The van der Waals surface area contributed by atoms with Crippen LogP contribution in [0.1, 0.15) is 28.3 Å².